The van der Waals surface area contributed by atoms with Crippen LogP contribution in [0.4, 0.5) is 10.5 Å². The molecule has 1 fully saturated rings. The van der Waals surface area contributed by atoms with Gasteiger partial charge in [0.2, 0.25) is 0 Å². The van der Waals surface area contributed by atoms with Gasteiger partial charge in [-0.25, -0.2) is 14.6 Å². The van der Waals surface area contributed by atoms with Gasteiger partial charge >= 0.3 is 11.7 Å². The van der Waals surface area contributed by atoms with Gasteiger partial charge in [-0.2, -0.15) is 0 Å². The van der Waals surface area contributed by atoms with Gasteiger partial charge in [-0.15, -0.1) is 0 Å². The first-order chi connectivity index (χ1) is 11.0. The molecule has 23 heavy (non-hydrogen) atoms. The summed E-state index contributed by atoms with van der Waals surface area (Å²) >= 11 is 0. The van der Waals surface area contributed by atoms with E-state index in [0.717, 1.165) is 18.2 Å². The van der Waals surface area contributed by atoms with E-state index in [2.05, 4.69) is 24.6 Å². The Morgan fingerprint density at radius 3 is 2.65 bits per heavy atom. The minimum atomic E-state index is -0.385. The summed E-state index contributed by atoms with van der Waals surface area (Å²) in [7, 11) is 0. The normalized spacial score (nSPS) is 22.0. The Hall–Kier alpha value is -2.34. The largest absolute Gasteiger partial charge is 0.423 e. The number of hydrogen-bond donors (Lipinski definition) is 2. The fraction of sp³-hybridized carbons (Fsp3) is 0.412. The number of carbonyl (C=O) groups excluding carboxylic acids is 1. The van der Waals surface area contributed by atoms with Crippen LogP contribution < -0.4 is 16.4 Å². The number of hydrazine groups is 1. The van der Waals surface area contributed by atoms with Crippen LogP contribution in [0, 0.1) is 0 Å². The van der Waals surface area contributed by atoms with E-state index in [1.54, 1.807) is 24.3 Å². The second kappa shape index (κ2) is 6.42. The molecule has 1 aromatic carbocycles. The van der Waals surface area contributed by atoms with E-state index in [1.165, 1.54) is 12.5 Å². The summed E-state index contributed by atoms with van der Waals surface area (Å²) in [4.78, 5) is 23.4. The lowest BCUT2D eigenvalue weighted by molar-refractivity contribution is 0.0625. The Bertz CT molecular complexity index is 761. The minimum absolute atomic E-state index is 0.262. The lowest BCUT2D eigenvalue weighted by Crippen LogP contribution is -2.55. The van der Waals surface area contributed by atoms with Crippen molar-refractivity contribution >= 4 is 22.7 Å². The zero-order valence-electron chi connectivity index (χ0n) is 13.3. The molecule has 2 heterocycles. The molecule has 0 spiro atoms. The standard InChI is InChI=1S/C17H21N3O3/c1-11-4-3-5-12(2)20(11)19-17(22)18-14-7-8-15-13(10-14)6-9-16(21)23-15/h6-12H,3-5H2,1-2H3,(H2,18,19,22)/t11-,12-/m1/s1. The summed E-state index contributed by atoms with van der Waals surface area (Å²) < 4.78 is 5.08. The van der Waals surface area contributed by atoms with E-state index < -0.39 is 0 Å². The van der Waals surface area contributed by atoms with Crippen molar-refractivity contribution in [1.82, 2.24) is 10.4 Å². The predicted octanol–water partition coefficient (Wildman–Crippen LogP) is 3.09. The zero-order valence-corrected chi connectivity index (χ0v) is 13.3. The van der Waals surface area contributed by atoms with Crippen LogP contribution in [0.15, 0.2) is 39.5 Å². The van der Waals surface area contributed by atoms with E-state index in [9.17, 15) is 9.59 Å². The van der Waals surface area contributed by atoms with Crippen molar-refractivity contribution in [3.63, 3.8) is 0 Å². The maximum atomic E-state index is 12.2. The van der Waals surface area contributed by atoms with Gasteiger partial charge in [0, 0.05) is 29.2 Å². The molecule has 1 aliphatic heterocycles. The Labute approximate surface area is 134 Å². The van der Waals surface area contributed by atoms with Crippen LogP contribution in [0.25, 0.3) is 11.0 Å². The molecule has 1 saturated heterocycles. The van der Waals surface area contributed by atoms with Crippen LogP contribution in [-0.2, 0) is 0 Å². The Kier molecular flexibility index (Phi) is 4.34. The summed E-state index contributed by atoms with van der Waals surface area (Å²) in [5, 5.41) is 5.60. The van der Waals surface area contributed by atoms with Crippen LogP contribution in [0.5, 0.6) is 0 Å². The third kappa shape index (κ3) is 3.53. The van der Waals surface area contributed by atoms with E-state index in [0.29, 0.717) is 23.4 Å². The molecule has 0 aliphatic carbocycles. The average Bonchev–Trinajstić information content (AvgIpc) is 2.51. The average molecular weight is 315 g/mol. The molecule has 2 N–H and O–H groups in total. The number of nitrogens with one attached hydrogen (secondary N) is 2. The van der Waals surface area contributed by atoms with Crippen molar-refractivity contribution in [3.05, 3.63) is 40.8 Å². The maximum absolute atomic E-state index is 12.2. The monoisotopic (exact) mass is 315 g/mol. The van der Waals surface area contributed by atoms with E-state index >= 15 is 0 Å². The van der Waals surface area contributed by atoms with Crippen molar-refractivity contribution in [2.45, 2.75) is 45.2 Å². The summed E-state index contributed by atoms with van der Waals surface area (Å²) in [6.07, 6.45) is 3.36. The lowest BCUT2D eigenvalue weighted by atomic mass is 10.00. The van der Waals surface area contributed by atoms with E-state index in [4.69, 9.17) is 4.42 Å². The van der Waals surface area contributed by atoms with E-state index in [-0.39, 0.29) is 11.7 Å². The first kappa shape index (κ1) is 15.6. The quantitative estimate of drug-likeness (QED) is 0.835. The number of piperidine rings is 1. The molecule has 0 radical (unpaired) electrons. The first-order valence-electron chi connectivity index (χ1n) is 7.93. The van der Waals surface area contributed by atoms with Gasteiger partial charge in [0.1, 0.15) is 5.58 Å². The topological polar surface area (TPSA) is 74.6 Å². The van der Waals surface area contributed by atoms with Crippen molar-refractivity contribution in [1.29, 1.82) is 0 Å². The van der Waals surface area contributed by atoms with Crippen molar-refractivity contribution in [3.8, 4) is 0 Å². The third-order valence-electron chi connectivity index (χ3n) is 4.30. The van der Waals surface area contributed by atoms with Gasteiger partial charge in [-0.05, 0) is 51.0 Å². The number of carbonyl (C=O) groups is 1. The molecule has 2 amide bonds. The molecule has 0 bridgehead atoms. The number of fused-ring (bicyclic) bond motifs is 1. The van der Waals surface area contributed by atoms with Crippen molar-refractivity contribution in [2.24, 2.45) is 0 Å². The van der Waals surface area contributed by atoms with Crippen LogP contribution in [0.2, 0.25) is 0 Å². The van der Waals surface area contributed by atoms with E-state index in [1.807, 2.05) is 5.01 Å². The molecule has 1 aliphatic rings. The number of benzene rings is 1. The summed E-state index contributed by atoms with van der Waals surface area (Å²) in [6.45, 7) is 4.24. The fourth-order valence-electron chi connectivity index (χ4n) is 3.07. The van der Waals surface area contributed by atoms with Gasteiger partial charge in [-0.3, -0.25) is 5.43 Å². The number of hydrogen-bond acceptors (Lipinski definition) is 4. The Balaban J connectivity index is 1.70. The van der Waals surface area contributed by atoms with Crippen LogP contribution in [0.1, 0.15) is 33.1 Å². The Morgan fingerprint density at radius 1 is 1.17 bits per heavy atom. The molecule has 2 atom stereocenters. The molecule has 0 saturated carbocycles. The molecule has 3 rings (SSSR count). The highest BCUT2D eigenvalue weighted by molar-refractivity contribution is 5.91. The second-order valence-electron chi connectivity index (χ2n) is 6.11. The van der Waals surface area contributed by atoms with Gasteiger partial charge in [0.25, 0.3) is 0 Å². The SMILES string of the molecule is C[C@@H]1CCC[C@@H](C)N1NC(=O)Nc1ccc2oc(=O)ccc2c1. The maximum Gasteiger partial charge on any atom is 0.336 e. The van der Waals surface area contributed by atoms with Crippen molar-refractivity contribution < 1.29 is 9.21 Å². The van der Waals surface area contributed by atoms with Gasteiger partial charge < -0.3 is 9.73 Å². The molecule has 2 aromatic rings. The first-order valence-corrected chi connectivity index (χ1v) is 7.93. The minimum Gasteiger partial charge on any atom is -0.423 e. The molecular weight excluding hydrogens is 294 g/mol. The zero-order chi connectivity index (χ0) is 16.4. The number of anilines is 1. The molecule has 6 nitrogen and oxygen atoms in total. The number of rotatable bonds is 2. The van der Waals surface area contributed by atoms with Gasteiger partial charge in [0.05, 0.1) is 0 Å². The highest BCUT2D eigenvalue weighted by Gasteiger charge is 2.26. The highest BCUT2D eigenvalue weighted by atomic mass is 16.4. The second-order valence-corrected chi connectivity index (χ2v) is 6.11. The number of urea groups is 1. The summed E-state index contributed by atoms with van der Waals surface area (Å²) in [6, 6.07) is 8.61. The number of nitrogens with zero attached hydrogens (tertiary/aromatic N) is 1. The van der Waals surface area contributed by atoms with Crippen LogP contribution in [0.3, 0.4) is 0 Å². The van der Waals surface area contributed by atoms with Gasteiger partial charge in [-0.1, -0.05) is 6.42 Å². The third-order valence-corrected chi connectivity index (χ3v) is 4.30. The molecule has 0 unspecified atom stereocenters. The molecule has 1 aromatic heterocycles. The Morgan fingerprint density at radius 2 is 1.91 bits per heavy atom. The fourth-order valence-corrected chi connectivity index (χ4v) is 3.07. The predicted molar refractivity (Wildman–Crippen MR) is 89.3 cm³/mol. The van der Waals surface area contributed by atoms with Crippen molar-refractivity contribution in [2.75, 3.05) is 5.32 Å². The lowest BCUT2D eigenvalue weighted by Gasteiger charge is -2.38. The smallest absolute Gasteiger partial charge is 0.336 e. The summed E-state index contributed by atoms with van der Waals surface area (Å²) in [5.41, 5.74) is 3.70. The highest BCUT2D eigenvalue weighted by Crippen LogP contribution is 2.21. The number of amides is 2. The summed E-state index contributed by atoms with van der Waals surface area (Å²) in [5.74, 6) is 0. The van der Waals surface area contributed by atoms with Gasteiger partial charge in [0.15, 0.2) is 0 Å². The molecular formula is C17H21N3O3. The molecule has 122 valence electrons. The molecule has 6 heteroatoms. The van der Waals surface area contributed by atoms with Crippen LogP contribution in [-0.4, -0.2) is 23.1 Å². The van der Waals surface area contributed by atoms with Crippen LogP contribution >= 0.6 is 0 Å².